The van der Waals surface area contributed by atoms with Gasteiger partial charge in [-0.1, -0.05) is 6.92 Å². The summed E-state index contributed by atoms with van der Waals surface area (Å²) in [6.45, 7) is 3.44. The second-order valence-electron chi connectivity index (χ2n) is 15.9. The van der Waals surface area contributed by atoms with E-state index in [0.717, 1.165) is 35.1 Å². The van der Waals surface area contributed by atoms with Gasteiger partial charge in [-0.2, -0.15) is 27.1 Å². The summed E-state index contributed by atoms with van der Waals surface area (Å²) in [5.74, 6) is -5.55. The van der Waals surface area contributed by atoms with Gasteiger partial charge in [-0.25, -0.2) is 19.4 Å². The fraction of sp³-hybridized carbons (Fsp3) is 0.595. The Hall–Kier alpha value is -4.18. The molecule has 1 aromatic carbocycles. The number of anilines is 2. The Morgan fingerprint density at radius 2 is 1.87 bits per heavy atom. The van der Waals surface area contributed by atoms with Crippen LogP contribution in [0.4, 0.5) is 33.6 Å². The van der Waals surface area contributed by atoms with Crippen molar-refractivity contribution in [2.45, 2.75) is 88.4 Å². The van der Waals surface area contributed by atoms with Crippen LogP contribution in [-0.4, -0.2) is 86.2 Å². The van der Waals surface area contributed by atoms with Crippen molar-refractivity contribution >= 4 is 23.5 Å². The number of carboxylic acid groups (broad SMARTS) is 1. The molecular weight excluding hydrogens is 701 g/mol. The van der Waals surface area contributed by atoms with Crippen LogP contribution < -0.4 is 10.2 Å². The third-order valence-electron chi connectivity index (χ3n) is 12.2. The van der Waals surface area contributed by atoms with Crippen molar-refractivity contribution in [3.8, 4) is 5.69 Å². The van der Waals surface area contributed by atoms with Gasteiger partial charge in [0.25, 0.3) is 11.8 Å². The molecule has 4 atom stereocenters. The molecule has 2 aromatic heterocycles. The number of carbonyl (C=O) groups excluding carboxylic acids is 1. The Balaban J connectivity index is 1.12. The number of alkyl halides is 5. The van der Waals surface area contributed by atoms with Gasteiger partial charge in [-0.05, 0) is 80.0 Å². The lowest BCUT2D eigenvalue weighted by atomic mass is 9.76. The molecule has 2 saturated carbocycles. The van der Waals surface area contributed by atoms with Crippen molar-refractivity contribution in [1.82, 2.24) is 30.0 Å². The summed E-state index contributed by atoms with van der Waals surface area (Å²) < 4.78 is 77.5. The lowest BCUT2D eigenvalue weighted by molar-refractivity contribution is -0.148. The van der Waals surface area contributed by atoms with Crippen LogP contribution in [0.2, 0.25) is 0 Å². The van der Waals surface area contributed by atoms with Gasteiger partial charge in [-0.15, -0.1) is 0 Å². The largest absolute Gasteiger partial charge is 0.479 e. The first kappa shape index (κ1) is 35.8. The molecule has 3 aromatic rings. The zero-order valence-electron chi connectivity index (χ0n) is 29.6. The van der Waals surface area contributed by atoms with Crippen LogP contribution in [0.1, 0.15) is 85.2 Å². The van der Waals surface area contributed by atoms with Crippen LogP contribution in [0.3, 0.4) is 0 Å². The van der Waals surface area contributed by atoms with Gasteiger partial charge in [-0.3, -0.25) is 9.69 Å². The first-order chi connectivity index (χ1) is 25.1. The highest BCUT2D eigenvalue weighted by molar-refractivity contribution is 5.99. The maximum atomic E-state index is 15.4. The highest BCUT2D eigenvalue weighted by Crippen LogP contribution is 2.52. The Morgan fingerprint density at radius 1 is 1.09 bits per heavy atom. The number of benzene rings is 1. The van der Waals surface area contributed by atoms with E-state index in [0.29, 0.717) is 70.4 Å². The zero-order valence-corrected chi connectivity index (χ0v) is 29.6. The molecule has 8 rings (SSSR count). The number of aromatic nitrogens is 4. The highest BCUT2D eigenvalue weighted by atomic mass is 19.4. The van der Waals surface area contributed by atoms with Crippen molar-refractivity contribution in [2.75, 3.05) is 37.7 Å². The number of nitrogens with zero attached hydrogens (tertiary/aromatic N) is 6. The zero-order chi connectivity index (χ0) is 37.5. The first-order valence-electron chi connectivity index (χ1n) is 18.2. The molecule has 53 heavy (non-hydrogen) atoms. The number of halogens is 5. The van der Waals surface area contributed by atoms with E-state index in [9.17, 15) is 27.9 Å². The monoisotopic (exact) mass is 743 g/mol. The summed E-state index contributed by atoms with van der Waals surface area (Å²) in [7, 11) is 0. The van der Waals surface area contributed by atoms with E-state index in [1.165, 1.54) is 4.90 Å². The second-order valence-corrected chi connectivity index (χ2v) is 15.9. The van der Waals surface area contributed by atoms with Crippen molar-refractivity contribution in [3.05, 3.63) is 58.7 Å². The van der Waals surface area contributed by atoms with Crippen molar-refractivity contribution in [1.29, 1.82) is 0 Å². The minimum Gasteiger partial charge on any atom is -0.479 e. The van der Waals surface area contributed by atoms with Gasteiger partial charge in [0, 0.05) is 74.7 Å². The molecule has 4 unspecified atom stereocenters. The maximum absolute atomic E-state index is 15.4. The van der Waals surface area contributed by atoms with Gasteiger partial charge in [0.15, 0.2) is 0 Å². The molecular formula is C37H42F5N7O4. The molecule has 11 nitrogen and oxygen atoms in total. The number of carboxylic acids is 1. The highest BCUT2D eigenvalue weighted by Gasteiger charge is 2.56. The summed E-state index contributed by atoms with van der Waals surface area (Å²) in [5, 5.41) is 17.6. The van der Waals surface area contributed by atoms with Crippen LogP contribution in [0.15, 0.2) is 30.6 Å². The Morgan fingerprint density at radius 3 is 2.58 bits per heavy atom. The topological polar surface area (TPSA) is 126 Å². The minimum absolute atomic E-state index is 0.0184. The number of nitrogens with one attached hydrogen (secondary N) is 1. The number of hydrogen-bond donors (Lipinski definition) is 2. The number of carbonyl (C=O) groups is 2. The predicted molar refractivity (Wildman–Crippen MR) is 181 cm³/mol. The van der Waals surface area contributed by atoms with Crippen LogP contribution >= 0.6 is 0 Å². The molecule has 284 valence electrons. The smallest absolute Gasteiger partial charge is 0.401 e. The van der Waals surface area contributed by atoms with E-state index in [2.05, 4.69) is 27.3 Å². The van der Waals surface area contributed by atoms with E-state index in [-0.39, 0.29) is 37.3 Å². The van der Waals surface area contributed by atoms with E-state index in [4.69, 9.17) is 4.74 Å². The van der Waals surface area contributed by atoms with Gasteiger partial charge in [0.05, 0.1) is 24.0 Å². The average molecular weight is 744 g/mol. The average Bonchev–Trinajstić information content (AvgIpc) is 3.73. The number of rotatable bonds is 7. The summed E-state index contributed by atoms with van der Waals surface area (Å²) in [6.07, 6.45) is 2.45. The van der Waals surface area contributed by atoms with Gasteiger partial charge in [0.2, 0.25) is 5.95 Å². The molecule has 2 N–H and O–H groups in total. The SMILES string of the molecule is CC1CC2CC(C1)C(NC(=O)c1cnc(N3CC4(CCOCC4)c4cc(-n5ncc6c5CCN(CC(F)(F)F)C6)ccc43)nc1C(C)(F)F)(C(=O)O)C2. The van der Waals surface area contributed by atoms with Crippen molar-refractivity contribution < 1.29 is 41.4 Å². The molecule has 3 fully saturated rings. The number of hydrogen-bond acceptors (Lipinski definition) is 8. The number of ether oxygens (including phenoxy) is 1. The molecule has 5 heterocycles. The lowest BCUT2D eigenvalue weighted by Gasteiger charge is -2.34. The molecule has 2 aliphatic carbocycles. The molecule has 3 aliphatic heterocycles. The normalized spacial score (nSPS) is 26.8. The van der Waals surface area contributed by atoms with E-state index >= 15 is 8.78 Å². The number of aliphatic carboxylic acids is 1. The van der Waals surface area contributed by atoms with E-state index in [1.54, 1.807) is 15.8 Å². The van der Waals surface area contributed by atoms with Crippen molar-refractivity contribution in [3.63, 3.8) is 0 Å². The second kappa shape index (κ2) is 12.7. The lowest BCUT2D eigenvalue weighted by Crippen LogP contribution is -2.57. The summed E-state index contributed by atoms with van der Waals surface area (Å²) in [6, 6.07) is 5.68. The summed E-state index contributed by atoms with van der Waals surface area (Å²) in [5.41, 5.74) is 0.676. The number of amides is 1. The third kappa shape index (κ3) is 6.34. The molecule has 2 bridgehead atoms. The third-order valence-corrected chi connectivity index (χ3v) is 12.2. The van der Waals surface area contributed by atoms with Crippen LogP contribution in [0.25, 0.3) is 5.69 Å². The Labute approximate surface area is 302 Å². The fourth-order valence-corrected chi connectivity index (χ4v) is 9.84. The van der Waals surface area contributed by atoms with E-state index in [1.807, 2.05) is 18.2 Å². The molecule has 1 spiro atoms. The Kier molecular flexibility index (Phi) is 8.59. The maximum Gasteiger partial charge on any atom is 0.401 e. The molecule has 1 amide bonds. The molecule has 5 aliphatic rings. The number of fused-ring (bicyclic) bond motifs is 5. The molecule has 16 heteroatoms. The quantitative estimate of drug-likeness (QED) is 0.285. The summed E-state index contributed by atoms with van der Waals surface area (Å²) >= 11 is 0. The minimum atomic E-state index is -4.29. The van der Waals surface area contributed by atoms with Gasteiger partial charge in [0.1, 0.15) is 11.2 Å². The Bertz CT molecular complexity index is 1940. The first-order valence-corrected chi connectivity index (χ1v) is 18.2. The summed E-state index contributed by atoms with van der Waals surface area (Å²) in [4.78, 5) is 38.4. The van der Waals surface area contributed by atoms with Crippen LogP contribution in [-0.2, 0) is 33.8 Å². The standard InChI is InChI=1S/C37H42F5N7O4/c1-21-11-22-13-24(12-21)36(15-22,32(51)52)46-31(50)26-17-43-33(45-30(26)34(2,38)39)48-19-35(6-9-53-10-7-35)27-14-25(3-4-29(27)48)49-28-5-8-47(20-37(40,41)42)18-23(28)16-44-49/h3-4,14,16-17,21-22,24H,5-13,15,18-20H2,1-2H3,(H,46,50)(H,51,52). The van der Waals surface area contributed by atoms with Crippen molar-refractivity contribution in [2.24, 2.45) is 17.8 Å². The fourth-order valence-electron chi connectivity index (χ4n) is 9.84. The van der Waals surface area contributed by atoms with Crippen LogP contribution in [0, 0.1) is 17.8 Å². The van der Waals surface area contributed by atoms with Gasteiger partial charge < -0.3 is 20.1 Å². The van der Waals surface area contributed by atoms with Gasteiger partial charge >= 0.3 is 12.1 Å². The van der Waals surface area contributed by atoms with E-state index < -0.39 is 52.7 Å². The molecule has 1 saturated heterocycles. The van der Waals surface area contributed by atoms with Crippen LogP contribution in [0.5, 0.6) is 0 Å². The predicted octanol–water partition coefficient (Wildman–Crippen LogP) is 5.90. The molecule has 0 radical (unpaired) electrons.